The van der Waals surface area contributed by atoms with Crippen molar-refractivity contribution in [1.29, 1.82) is 0 Å². The molecule has 0 saturated carbocycles. The fourth-order valence-corrected chi connectivity index (χ4v) is 4.28. The molecule has 2 aromatic carbocycles. The van der Waals surface area contributed by atoms with Gasteiger partial charge in [0, 0.05) is 18.8 Å². The third-order valence-electron chi connectivity index (χ3n) is 5.22. The number of methoxy groups -OCH3 is 1. The number of carbonyl (C=O) groups is 2. The van der Waals surface area contributed by atoms with E-state index in [0.29, 0.717) is 16.4 Å². The summed E-state index contributed by atoms with van der Waals surface area (Å²) in [5.74, 6) is 0.417. The van der Waals surface area contributed by atoms with Gasteiger partial charge in [-0.15, -0.1) is 10.2 Å². The fraction of sp³-hybridized carbons (Fsp3) is 0.304. The number of esters is 1. The van der Waals surface area contributed by atoms with Crippen molar-refractivity contribution in [2.45, 2.75) is 24.9 Å². The Morgan fingerprint density at radius 2 is 1.72 bits per heavy atom. The molecule has 1 N–H and O–H groups in total. The lowest BCUT2D eigenvalue weighted by atomic mass is 10.2. The van der Waals surface area contributed by atoms with Crippen molar-refractivity contribution in [3.8, 4) is 5.69 Å². The van der Waals surface area contributed by atoms with Gasteiger partial charge in [-0.25, -0.2) is 4.79 Å². The maximum absolute atomic E-state index is 12.5. The first-order chi connectivity index (χ1) is 15.5. The molecule has 0 aliphatic carbocycles. The molecule has 0 atom stereocenters. The van der Waals surface area contributed by atoms with Gasteiger partial charge in [-0.3, -0.25) is 9.36 Å². The third-order valence-corrected chi connectivity index (χ3v) is 6.15. The number of benzene rings is 2. The smallest absolute Gasteiger partial charge is 0.337 e. The molecule has 9 heteroatoms. The molecule has 0 bridgehead atoms. The second-order valence-corrected chi connectivity index (χ2v) is 8.50. The molecule has 1 aliphatic rings. The molecule has 8 nitrogen and oxygen atoms in total. The van der Waals surface area contributed by atoms with Crippen molar-refractivity contribution in [1.82, 2.24) is 14.8 Å². The average Bonchev–Trinajstić information content (AvgIpc) is 3.48. The van der Waals surface area contributed by atoms with Gasteiger partial charge < -0.3 is 15.0 Å². The maximum Gasteiger partial charge on any atom is 0.337 e. The van der Waals surface area contributed by atoms with Crippen LogP contribution in [0.2, 0.25) is 0 Å². The third kappa shape index (κ3) is 4.94. The number of thioether (sulfide) groups is 1. The first-order valence-electron chi connectivity index (χ1n) is 10.4. The zero-order chi connectivity index (χ0) is 22.5. The van der Waals surface area contributed by atoms with Gasteiger partial charge in [-0.1, -0.05) is 29.5 Å². The van der Waals surface area contributed by atoms with Crippen molar-refractivity contribution >= 4 is 35.3 Å². The number of aryl methyl sites for hydroxylation is 1. The van der Waals surface area contributed by atoms with Gasteiger partial charge in [0.25, 0.3) is 0 Å². The molecular weight excluding hydrogens is 426 g/mol. The van der Waals surface area contributed by atoms with E-state index in [1.165, 1.54) is 24.4 Å². The summed E-state index contributed by atoms with van der Waals surface area (Å²) in [5.41, 5.74) is 3.20. The number of anilines is 2. The van der Waals surface area contributed by atoms with E-state index in [-0.39, 0.29) is 11.7 Å². The summed E-state index contributed by atoms with van der Waals surface area (Å²) in [6.07, 6.45) is 2.28. The Labute approximate surface area is 191 Å². The fourth-order valence-electron chi connectivity index (χ4n) is 3.53. The minimum atomic E-state index is -0.414. The lowest BCUT2D eigenvalue weighted by molar-refractivity contribution is -0.113. The summed E-state index contributed by atoms with van der Waals surface area (Å²) in [6, 6.07) is 14.8. The number of hydrogen-bond donors (Lipinski definition) is 1. The number of nitrogens with zero attached hydrogens (tertiary/aromatic N) is 4. The minimum Gasteiger partial charge on any atom is -0.465 e. The van der Waals surface area contributed by atoms with Gasteiger partial charge in [0.05, 0.1) is 24.1 Å². The number of ether oxygens (including phenoxy) is 1. The monoisotopic (exact) mass is 451 g/mol. The summed E-state index contributed by atoms with van der Waals surface area (Å²) in [7, 11) is 1.33. The summed E-state index contributed by atoms with van der Waals surface area (Å²) >= 11 is 1.34. The highest BCUT2D eigenvalue weighted by molar-refractivity contribution is 7.99. The van der Waals surface area contributed by atoms with Crippen molar-refractivity contribution in [3.63, 3.8) is 0 Å². The van der Waals surface area contributed by atoms with E-state index in [9.17, 15) is 9.59 Å². The molecular formula is C23H25N5O3S. The molecule has 1 saturated heterocycles. The predicted molar refractivity (Wildman–Crippen MR) is 125 cm³/mol. The number of carbonyl (C=O) groups excluding carboxylic acids is 2. The van der Waals surface area contributed by atoms with Crippen LogP contribution in [-0.4, -0.2) is 52.6 Å². The molecule has 4 rings (SSSR count). The first kappa shape index (κ1) is 21.9. The Morgan fingerprint density at radius 3 is 2.38 bits per heavy atom. The average molecular weight is 452 g/mol. The van der Waals surface area contributed by atoms with Crippen LogP contribution in [0.1, 0.15) is 28.8 Å². The number of nitrogens with one attached hydrogen (secondary N) is 1. The second kappa shape index (κ2) is 9.86. The van der Waals surface area contributed by atoms with Crippen molar-refractivity contribution in [2.24, 2.45) is 0 Å². The van der Waals surface area contributed by atoms with Gasteiger partial charge in [0.15, 0.2) is 5.16 Å². The highest BCUT2D eigenvalue weighted by Crippen LogP contribution is 2.28. The molecule has 2 heterocycles. The van der Waals surface area contributed by atoms with Crippen LogP contribution in [-0.2, 0) is 9.53 Å². The highest BCUT2D eigenvalue weighted by Gasteiger charge is 2.23. The van der Waals surface area contributed by atoms with E-state index in [2.05, 4.69) is 44.2 Å². The Hall–Kier alpha value is -3.33. The van der Waals surface area contributed by atoms with Crippen LogP contribution < -0.4 is 10.2 Å². The summed E-state index contributed by atoms with van der Waals surface area (Å²) in [4.78, 5) is 26.3. The van der Waals surface area contributed by atoms with Crippen molar-refractivity contribution in [2.75, 3.05) is 36.2 Å². The van der Waals surface area contributed by atoms with E-state index >= 15 is 0 Å². The van der Waals surface area contributed by atoms with Crippen LogP contribution in [0.4, 0.5) is 11.6 Å². The van der Waals surface area contributed by atoms with E-state index in [1.807, 2.05) is 16.7 Å². The van der Waals surface area contributed by atoms with Crippen LogP contribution in [0, 0.1) is 6.92 Å². The molecule has 1 aromatic heterocycles. The lowest BCUT2D eigenvalue weighted by Crippen LogP contribution is -2.22. The highest BCUT2D eigenvalue weighted by atomic mass is 32.2. The quantitative estimate of drug-likeness (QED) is 0.433. The lowest BCUT2D eigenvalue weighted by Gasteiger charge is -2.18. The number of hydrogen-bond acceptors (Lipinski definition) is 7. The molecule has 1 amide bonds. The Morgan fingerprint density at radius 1 is 1.03 bits per heavy atom. The van der Waals surface area contributed by atoms with Crippen LogP contribution >= 0.6 is 11.8 Å². The molecule has 0 spiro atoms. The van der Waals surface area contributed by atoms with Crippen LogP contribution in [0.3, 0.4) is 0 Å². The molecule has 3 aromatic rings. The Kier molecular flexibility index (Phi) is 6.75. The van der Waals surface area contributed by atoms with E-state index < -0.39 is 5.97 Å². The zero-order valence-corrected chi connectivity index (χ0v) is 18.9. The summed E-state index contributed by atoms with van der Waals surface area (Å²) in [6.45, 7) is 3.96. The van der Waals surface area contributed by atoms with Crippen molar-refractivity contribution in [3.05, 3.63) is 59.7 Å². The van der Waals surface area contributed by atoms with E-state index in [1.54, 1.807) is 24.3 Å². The van der Waals surface area contributed by atoms with E-state index in [0.717, 1.165) is 37.6 Å². The molecule has 0 unspecified atom stereocenters. The van der Waals surface area contributed by atoms with Gasteiger partial charge in [0.2, 0.25) is 11.9 Å². The Balaban J connectivity index is 1.47. The second-order valence-electron chi connectivity index (χ2n) is 7.55. The number of rotatable bonds is 7. The molecule has 166 valence electrons. The molecule has 32 heavy (non-hydrogen) atoms. The normalized spacial score (nSPS) is 13.2. The summed E-state index contributed by atoms with van der Waals surface area (Å²) in [5, 5.41) is 12.3. The molecule has 1 fully saturated rings. The van der Waals surface area contributed by atoms with Crippen molar-refractivity contribution < 1.29 is 14.3 Å². The van der Waals surface area contributed by atoms with Gasteiger partial charge in [-0.2, -0.15) is 0 Å². The standard InChI is InChI=1S/C23H25N5O3S/c1-16-5-11-19(12-6-16)28-22(27-13-3-4-14-27)25-26-23(28)32-15-20(29)24-18-9-7-17(8-10-18)21(30)31-2/h5-12H,3-4,13-15H2,1-2H3,(H,24,29). The van der Waals surface area contributed by atoms with E-state index in [4.69, 9.17) is 0 Å². The van der Waals surface area contributed by atoms with Gasteiger partial charge in [-0.05, 0) is 56.2 Å². The molecule has 1 aliphatic heterocycles. The minimum absolute atomic E-state index is 0.165. The zero-order valence-electron chi connectivity index (χ0n) is 18.1. The summed E-state index contributed by atoms with van der Waals surface area (Å²) < 4.78 is 6.71. The Bertz CT molecular complexity index is 1090. The van der Waals surface area contributed by atoms with Crippen LogP contribution in [0.15, 0.2) is 53.7 Å². The van der Waals surface area contributed by atoms with Crippen LogP contribution in [0.25, 0.3) is 5.69 Å². The number of amides is 1. The topological polar surface area (TPSA) is 89.3 Å². The SMILES string of the molecule is COC(=O)c1ccc(NC(=O)CSc2nnc(N3CCCC3)n2-c2ccc(C)cc2)cc1. The van der Waals surface area contributed by atoms with Gasteiger partial charge in [0.1, 0.15) is 0 Å². The number of aromatic nitrogens is 3. The predicted octanol–water partition coefficient (Wildman–Crippen LogP) is 3.69. The van der Waals surface area contributed by atoms with Gasteiger partial charge >= 0.3 is 5.97 Å². The maximum atomic E-state index is 12.5. The first-order valence-corrected chi connectivity index (χ1v) is 11.4. The largest absolute Gasteiger partial charge is 0.465 e. The molecule has 0 radical (unpaired) electrons. The van der Waals surface area contributed by atoms with Crippen LogP contribution in [0.5, 0.6) is 0 Å².